The van der Waals surface area contributed by atoms with Crippen LogP contribution in [0.3, 0.4) is 0 Å². The Hall–Kier alpha value is -6.22. The van der Waals surface area contributed by atoms with Crippen molar-refractivity contribution in [1.29, 1.82) is 0 Å². The lowest BCUT2D eigenvalue weighted by Gasteiger charge is -2.44. The molecule has 0 amide bonds. The molecule has 7 rings (SSSR count). The molecule has 15 nitrogen and oxygen atoms in total. The van der Waals surface area contributed by atoms with Crippen LogP contribution < -0.4 is 24.6 Å². The van der Waals surface area contributed by atoms with Crippen LogP contribution in [-0.4, -0.2) is 71.9 Å². The van der Waals surface area contributed by atoms with Gasteiger partial charge >= 0.3 is 0 Å². The third-order valence-corrected chi connectivity index (χ3v) is 9.40. The Kier molecular flexibility index (Phi) is 10.5. The van der Waals surface area contributed by atoms with Crippen LogP contribution in [0.4, 0.5) is 11.8 Å². The smallest absolute Gasteiger partial charge is 0.266 e. The second-order valence-electron chi connectivity index (χ2n) is 13.8. The molecule has 0 saturated carbocycles. The quantitative estimate of drug-likeness (QED) is 0.123. The summed E-state index contributed by atoms with van der Waals surface area (Å²) in [6, 6.07) is 13.1. The zero-order chi connectivity index (χ0) is 38.7. The van der Waals surface area contributed by atoms with Gasteiger partial charge < -0.3 is 19.4 Å². The third-order valence-electron chi connectivity index (χ3n) is 9.40. The second kappa shape index (κ2) is 15.6. The average molecular weight is 743 g/mol. The van der Waals surface area contributed by atoms with Crippen LogP contribution in [-0.2, 0) is 18.9 Å². The molecule has 284 valence electrons. The van der Waals surface area contributed by atoms with Crippen molar-refractivity contribution in [2.24, 2.45) is 4.99 Å². The van der Waals surface area contributed by atoms with E-state index in [4.69, 9.17) is 34.4 Å². The highest BCUT2D eigenvalue weighted by molar-refractivity contribution is 5.99. The molecule has 1 atom stereocenters. The molecular formula is C40H46N12O3. The van der Waals surface area contributed by atoms with Crippen LogP contribution in [0.5, 0.6) is 11.5 Å². The van der Waals surface area contributed by atoms with Crippen LogP contribution in [0.2, 0.25) is 0 Å². The largest absolute Gasteiger partial charge is 0.493 e. The van der Waals surface area contributed by atoms with Gasteiger partial charge in [0, 0.05) is 48.7 Å². The van der Waals surface area contributed by atoms with E-state index in [0.29, 0.717) is 78.1 Å². The number of ether oxygens (including phenoxy) is 2. The Morgan fingerprint density at radius 1 is 0.927 bits per heavy atom. The Morgan fingerprint density at radius 2 is 1.67 bits per heavy atom. The minimum absolute atomic E-state index is 0.0430. The van der Waals surface area contributed by atoms with E-state index in [1.54, 1.807) is 56.6 Å². The number of benzene rings is 1. The summed E-state index contributed by atoms with van der Waals surface area (Å²) in [5.74, 6) is 2.69. The molecule has 1 aromatic carbocycles. The van der Waals surface area contributed by atoms with Gasteiger partial charge in [-0.1, -0.05) is 40.7 Å². The topological polar surface area (TPSA) is 164 Å². The number of hydrogen-bond acceptors (Lipinski definition) is 13. The number of aromatic nitrogens is 8. The van der Waals surface area contributed by atoms with Gasteiger partial charge in [0.15, 0.2) is 23.1 Å². The number of pyridine rings is 2. The summed E-state index contributed by atoms with van der Waals surface area (Å²) in [5.41, 5.74) is 3.63. The van der Waals surface area contributed by atoms with Crippen LogP contribution in [0.15, 0.2) is 78.4 Å². The van der Waals surface area contributed by atoms with Gasteiger partial charge in [0.1, 0.15) is 29.6 Å². The maximum Gasteiger partial charge on any atom is 0.266 e. The van der Waals surface area contributed by atoms with Gasteiger partial charge in [-0.3, -0.25) is 25.0 Å². The molecular weight excluding hydrogens is 697 g/mol. The van der Waals surface area contributed by atoms with E-state index >= 15 is 0 Å². The number of hydrogen-bond donors (Lipinski definition) is 2. The van der Waals surface area contributed by atoms with E-state index < -0.39 is 5.79 Å². The molecule has 1 unspecified atom stereocenters. The number of methoxy groups -OCH3 is 1. The molecule has 2 N–H and O–H groups in total. The normalized spacial score (nSPS) is 15.2. The zero-order valence-corrected chi connectivity index (χ0v) is 32.2. The second-order valence-corrected chi connectivity index (χ2v) is 13.8. The zero-order valence-electron chi connectivity index (χ0n) is 32.2. The number of fused-ring (bicyclic) bond motifs is 2. The summed E-state index contributed by atoms with van der Waals surface area (Å²) >= 11 is 0. The number of carbonyl (C=O) groups excluding carboxylic acids is 1. The summed E-state index contributed by atoms with van der Waals surface area (Å²) in [4.78, 5) is 55.3. The summed E-state index contributed by atoms with van der Waals surface area (Å²) in [7, 11) is 1.63. The number of imidazole rings is 2. The Labute approximate surface area is 320 Å². The molecule has 3 aliphatic heterocycles. The SMILES string of the molecule is CCNC1(N(CC)c2ncc3nc(C(C)C)nc-3n2C(=O)c2ccncc2)N=CN(Cc2ccc(OC)c(OCc3ccncc3)c2)c2nc(C(C)C)[nH]c21. The van der Waals surface area contributed by atoms with Gasteiger partial charge in [0.05, 0.1) is 26.2 Å². The Morgan fingerprint density at radius 3 is 2.35 bits per heavy atom. The van der Waals surface area contributed by atoms with E-state index in [2.05, 4.69) is 34.1 Å². The van der Waals surface area contributed by atoms with Gasteiger partial charge in [-0.05, 0) is 61.0 Å². The first-order chi connectivity index (χ1) is 26.7. The summed E-state index contributed by atoms with van der Waals surface area (Å²) in [6.07, 6.45) is 10.1. The first-order valence-electron chi connectivity index (χ1n) is 18.5. The fourth-order valence-corrected chi connectivity index (χ4v) is 6.60. The maximum absolute atomic E-state index is 14.5. The summed E-state index contributed by atoms with van der Waals surface area (Å²) < 4.78 is 13.4. The fourth-order valence-electron chi connectivity index (χ4n) is 6.60. The number of nitrogens with zero attached hydrogens (tertiary/aromatic N) is 10. The number of H-pyrrole nitrogens is 1. The van der Waals surface area contributed by atoms with E-state index in [1.165, 1.54) is 4.57 Å². The number of aliphatic imine (C=N–C) groups is 1. The highest BCUT2D eigenvalue weighted by atomic mass is 16.5. The Bertz CT molecular complexity index is 2250. The van der Waals surface area contributed by atoms with Crippen LogP contribution >= 0.6 is 0 Å². The van der Waals surface area contributed by atoms with E-state index in [0.717, 1.165) is 17.0 Å². The van der Waals surface area contributed by atoms with Crippen molar-refractivity contribution >= 4 is 24.0 Å². The van der Waals surface area contributed by atoms with Crippen molar-refractivity contribution in [2.75, 3.05) is 30.0 Å². The van der Waals surface area contributed by atoms with Gasteiger partial charge in [0.2, 0.25) is 11.7 Å². The van der Waals surface area contributed by atoms with Crippen molar-refractivity contribution in [3.63, 3.8) is 0 Å². The lowest BCUT2D eigenvalue weighted by atomic mass is 10.1. The fraction of sp³-hybridized carbons (Fsp3) is 0.350. The van der Waals surface area contributed by atoms with Crippen molar-refractivity contribution in [2.45, 2.75) is 72.3 Å². The minimum atomic E-state index is -1.24. The predicted molar refractivity (Wildman–Crippen MR) is 210 cm³/mol. The number of nitrogens with one attached hydrogen (secondary N) is 2. The molecule has 55 heavy (non-hydrogen) atoms. The molecule has 3 aliphatic rings. The van der Waals surface area contributed by atoms with Gasteiger partial charge in [0.25, 0.3) is 5.91 Å². The first kappa shape index (κ1) is 37.1. The molecule has 0 radical (unpaired) electrons. The van der Waals surface area contributed by atoms with E-state index in [-0.39, 0.29) is 17.7 Å². The molecule has 0 aliphatic carbocycles. The van der Waals surface area contributed by atoms with Crippen LogP contribution in [0.25, 0.3) is 11.5 Å². The lowest BCUT2D eigenvalue weighted by molar-refractivity contribution is 0.0959. The van der Waals surface area contributed by atoms with E-state index in [9.17, 15) is 4.79 Å². The van der Waals surface area contributed by atoms with E-state index in [1.807, 2.05) is 67.8 Å². The molecule has 3 aromatic heterocycles. The van der Waals surface area contributed by atoms with Gasteiger partial charge in [-0.2, -0.15) is 0 Å². The molecule has 0 bridgehead atoms. The Balaban J connectivity index is 1.33. The standard InChI is InChI=1S/C40H46N12O3/c1-8-44-40(51(9-2)39-43-21-30-36(48-34(46-30)25(3)4)52(39)38(53)29-14-18-42-19-15-29)33-37(49-35(47-33)26(5)6)50(24-45-40)22-28-10-11-31(54-7)32(20-28)55-23-27-12-16-41-17-13-27/h10-21,24-26,44H,8-9,22-23H2,1-7H3,(H,47,49). The lowest BCUT2D eigenvalue weighted by Crippen LogP contribution is -2.59. The van der Waals surface area contributed by atoms with Crippen LogP contribution in [0.1, 0.15) is 92.2 Å². The number of anilines is 2. The van der Waals surface area contributed by atoms with Crippen molar-refractivity contribution in [3.05, 3.63) is 107 Å². The molecule has 0 saturated heterocycles. The maximum atomic E-state index is 14.5. The molecule has 0 spiro atoms. The molecule has 15 heteroatoms. The van der Waals surface area contributed by atoms with Crippen molar-refractivity contribution < 1.29 is 14.3 Å². The third kappa shape index (κ3) is 7.10. The van der Waals surface area contributed by atoms with Crippen molar-refractivity contribution in [3.8, 4) is 23.0 Å². The molecule has 0 fully saturated rings. The highest BCUT2D eigenvalue weighted by Gasteiger charge is 2.47. The average Bonchev–Trinajstić information content (AvgIpc) is 3.86. The number of rotatable bonds is 14. The summed E-state index contributed by atoms with van der Waals surface area (Å²) in [5, 5.41) is 3.65. The van der Waals surface area contributed by atoms with Gasteiger partial charge in [-0.25, -0.2) is 29.5 Å². The number of aromatic amines is 1. The van der Waals surface area contributed by atoms with Crippen LogP contribution in [0, 0.1) is 0 Å². The first-order valence-corrected chi connectivity index (χ1v) is 18.5. The highest BCUT2D eigenvalue weighted by Crippen LogP contribution is 2.41. The minimum Gasteiger partial charge on any atom is -0.493 e. The van der Waals surface area contributed by atoms with Gasteiger partial charge in [-0.15, -0.1) is 0 Å². The summed E-state index contributed by atoms with van der Waals surface area (Å²) in [6.45, 7) is 14.0. The molecule has 6 heterocycles. The predicted octanol–water partition coefficient (Wildman–Crippen LogP) is 6.11. The number of carbonyl (C=O) groups is 1. The monoisotopic (exact) mass is 742 g/mol. The van der Waals surface area contributed by atoms with Crippen molar-refractivity contribution in [1.82, 2.24) is 44.8 Å². The molecule has 4 aromatic rings.